The highest BCUT2D eigenvalue weighted by Gasteiger charge is 2.29. The molecule has 1 saturated carbocycles. The van der Waals surface area contributed by atoms with Crippen molar-refractivity contribution in [1.82, 2.24) is 15.0 Å². The lowest BCUT2D eigenvalue weighted by molar-refractivity contribution is 0.227. The number of ether oxygens (including phenoxy) is 1. The molecule has 3 heterocycles. The van der Waals surface area contributed by atoms with Crippen LogP contribution in [0.4, 0.5) is 0 Å². The van der Waals surface area contributed by atoms with Gasteiger partial charge in [-0.05, 0) is 30.9 Å². The van der Waals surface area contributed by atoms with Gasteiger partial charge in [-0.15, -0.1) is 0 Å². The molecule has 0 unspecified atom stereocenters. The average Bonchev–Trinajstić information content (AvgIpc) is 3.25. The highest BCUT2D eigenvalue weighted by Crippen LogP contribution is 2.32. The number of hydrogen-bond donors (Lipinski definition) is 0. The zero-order valence-corrected chi connectivity index (χ0v) is 12.0. The Morgan fingerprint density at radius 3 is 3.14 bits per heavy atom. The SMILES string of the molecule is c1cncc(OCc2noc3c2CN(CC2CC2)CC3)c1. The first-order chi connectivity index (χ1) is 10.4. The quantitative estimate of drug-likeness (QED) is 0.844. The Morgan fingerprint density at radius 1 is 1.38 bits per heavy atom. The summed E-state index contributed by atoms with van der Waals surface area (Å²) < 4.78 is 11.2. The molecule has 0 amide bonds. The molecule has 0 bridgehead atoms. The van der Waals surface area contributed by atoms with E-state index < -0.39 is 0 Å². The molecular formula is C16H19N3O2. The Balaban J connectivity index is 1.43. The first-order valence-electron chi connectivity index (χ1n) is 7.60. The Kier molecular flexibility index (Phi) is 3.35. The van der Waals surface area contributed by atoms with Crippen LogP contribution in [-0.4, -0.2) is 28.1 Å². The standard InChI is InChI=1S/C16H19N3O2/c1-2-13(8-17-6-1)20-11-15-14-10-19(9-12-3-4-12)7-5-16(14)21-18-15/h1-2,6,8,12H,3-5,7,9-11H2. The summed E-state index contributed by atoms with van der Waals surface area (Å²) in [5.41, 5.74) is 2.15. The van der Waals surface area contributed by atoms with E-state index in [1.54, 1.807) is 12.4 Å². The van der Waals surface area contributed by atoms with Crippen molar-refractivity contribution in [2.24, 2.45) is 5.92 Å². The van der Waals surface area contributed by atoms with Gasteiger partial charge >= 0.3 is 0 Å². The molecular weight excluding hydrogens is 266 g/mol. The van der Waals surface area contributed by atoms with Crippen molar-refractivity contribution in [2.45, 2.75) is 32.4 Å². The summed E-state index contributed by atoms with van der Waals surface area (Å²) in [4.78, 5) is 6.57. The van der Waals surface area contributed by atoms with E-state index in [1.165, 1.54) is 24.9 Å². The lowest BCUT2D eigenvalue weighted by Gasteiger charge is -2.25. The van der Waals surface area contributed by atoms with Crippen molar-refractivity contribution < 1.29 is 9.26 Å². The largest absolute Gasteiger partial charge is 0.486 e. The van der Waals surface area contributed by atoms with E-state index in [1.807, 2.05) is 12.1 Å². The topological polar surface area (TPSA) is 51.4 Å². The molecule has 1 aliphatic heterocycles. The number of rotatable bonds is 5. The van der Waals surface area contributed by atoms with Crippen LogP contribution >= 0.6 is 0 Å². The highest BCUT2D eigenvalue weighted by molar-refractivity contribution is 5.26. The third kappa shape index (κ3) is 2.93. The van der Waals surface area contributed by atoms with Crippen molar-refractivity contribution in [3.05, 3.63) is 41.5 Å². The van der Waals surface area contributed by atoms with Gasteiger partial charge in [-0.1, -0.05) is 5.16 Å². The van der Waals surface area contributed by atoms with Crippen LogP contribution in [0, 0.1) is 5.92 Å². The van der Waals surface area contributed by atoms with Gasteiger partial charge in [-0.3, -0.25) is 9.88 Å². The first-order valence-corrected chi connectivity index (χ1v) is 7.60. The molecule has 5 nitrogen and oxygen atoms in total. The van der Waals surface area contributed by atoms with Gasteiger partial charge in [0, 0.05) is 37.8 Å². The molecule has 0 radical (unpaired) electrons. The molecule has 0 atom stereocenters. The van der Waals surface area contributed by atoms with E-state index in [9.17, 15) is 0 Å². The maximum atomic E-state index is 5.74. The lowest BCUT2D eigenvalue weighted by atomic mass is 10.1. The monoisotopic (exact) mass is 285 g/mol. The number of pyridine rings is 1. The van der Waals surface area contributed by atoms with Gasteiger partial charge in [0.25, 0.3) is 0 Å². The summed E-state index contributed by atoms with van der Waals surface area (Å²) in [6.07, 6.45) is 7.20. The molecule has 5 heteroatoms. The van der Waals surface area contributed by atoms with Crippen LogP contribution in [0.1, 0.15) is 29.9 Å². The molecule has 1 fully saturated rings. The summed E-state index contributed by atoms with van der Waals surface area (Å²) >= 11 is 0. The minimum Gasteiger partial charge on any atom is -0.486 e. The second kappa shape index (κ2) is 5.48. The highest BCUT2D eigenvalue weighted by atomic mass is 16.5. The van der Waals surface area contributed by atoms with E-state index in [0.717, 1.165) is 42.6 Å². The molecule has 21 heavy (non-hydrogen) atoms. The van der Waals surface area contributed by atoms with Crippen molar-refractivity contribution >= 4 is 0 Å². The maximum Gasteiger partial charge on any atom is 0.142 e. The normalized spacial score (nSPS) is 18.5. The van der Waals surface area contributed by atoms with Gasteiger partial charge in [0.15, 0.2) is 0 Å². The lowest BCUT2D eigenvalue weighted by Crippen LogP contribution is -2.32. The molecule has 4 rings (SSSR count). The Morgan fingerprint density at radius 2 is 2.33 bits per heavy atom. The zero-order valence-electron chi connectivity index (χ0n) is 12.0. The van der Waals surface area contributed by atoms with Crippen LogP contribution in [0.25, 0.3) is 0 Å². The van der Waals surface area contributed by atoms with Crippen molar-refractivity contribution in [3.63, 3.8) is 0 Å². The minimum absolute atomic E-state index is 0.446. The van der Waals surface area contributed by atoms with Crippen LogP contribution in [0.2, 0.25) is 0 Å². The maximum absolute atomic E-state index is 5.74. The van der Waals surface area contributed by atoms with Crippen molar-refractivity contribution in [3.8, 4) is 5.75 Å². The summed E-state index contributed by atoms with van der Waals surface area (Å²) in [6.45, 7) is 3.69. The fraction of sp³-hybridized carbons (Fsp3) is 0.500. The molecule has 2 aromatic rings. The Hall–Kier alpha value is -1.88. The predicted molar refractivity (Wildman–Crippen MR) is 76.8 cm³/mol. The van der Waals surface area contributed by atoms with E-state index in [0.29, 0.717) is 6.61 Å². The third-order valence-electron chi connectivity index (χ3n) is 4.21. The second-order valence-corrected chi connectivity index (χ2v) is 5.94. The fourth-order valence-electron chi connectivity index (χ4n) is 2.84. The summed E-state index contributed by atoms with van der Waals surface area (Å²) in [5.74, 6) is 2.72. The molecule has 1 aliphatic carbocycles. The molecule has 2 aliphatic rings. The van der Waals surface area contributed by atoms with Crippen LogP contribution in [0.3, 0.4) is 0 Å². The Bertz CT molecular complexity index is 607. The van der Waals surface area contributed by atoms with E-state index in [-0.39, 0.29) is 0 Å². The number of fused-ring (bicyclic) bond motifs is 1. The predicted octanol–water partition coefficient (Wildman–Crippen LogP) is 2.42. The van der Waals surface area contributed by atoms with Crippen molar-refractivity contribution in [1.29, 1.82) is 0 Å². The molecule has 2 aromatic heterocycles. The van der Waals surface area contributed by atoms with Gasteiger partial charge in [0.05, 0.1) is 6.20 Å². The van der Waals surface area contributed by atoms with Crippen LogP contribution in [0.5, 0.6) is 5.75 Å². The first kappa shape index (κ1) is 12.8. The Labute approximate surface area is 123 Å². The molecule has 0 saturated heterocycles. The molecule has 0 spiro atoms. The average molecular weight is 285 g/mol. The van der Waals surface area contributed by atoms with Gasteiger partial charge in [-0.25, -0.2) is 0 Å². The van der Waals surface area contributed by atoms with Gasteiger partial charge < -0.3 is 9.26 Å². The molecule has 0 aromatic carbocycles. The molecule has 0 N–H and O–H groups in total. The summed E-state index contributed by atoms with van der Waals surface area (Å²) in [6, 6.07) is 3.77. The van der Waals surface area contributed by atoms with Crippen LogP contribution < -0.4 is 4.74 Å². The number of hydrogen-bond acceptors (Lipinski definition) is 5. The second-order valence-electron chi connectivity index (χ2n) is 5.94. The van der Waals surface area contributed by atoms with Crippen molar-refractivity contribution in [2.75, 3.05) is 13.1 Å². The van der Waals surface area contributed by atoms with E-state index in [2.05, 4.69) is 15.0 Å². The minimum atomic E-state index is 0.446. The van der Waals surface area contributed by atoms with Crippen LogP contribution in [0.15, 0.2) is 29.0 Å². The van der Waals surface area contributed by atoms with Crippen LogP contribution in [-0.2, 0) is 19.6 Å². The smallest absolute Gasteiger partial charge is 0.142 e. The van der Waals surface area contributed by atoms with Gasteiger partial charge in [0.2, 0.25) is 0 Å². The van der Waals surface area contributed by atoms with E-state index >= 15 is 0 Å². The molecule has 110 valence electrons. The zero-order chi connectivity index (χ0) is 14.1. The number of aromatic nitrogens is 2. The van der Waals surface area contributed by atoms with Gasteiger partial charge in [0.1, 0.15) is 23.8 Å². The third-order valence-corrected chi connectivity index (χ3v) is 4.21. The summed E-state index contributed by atoms with van der Waals surface area (Å²) in [5, 5.41) is 4.20. The van der Waals surface area contributed by atoms with Gasteiger partial charge in [-0.2, -0.15) is 0 Å². The number of nitrogens with zero attached hydrogens (tertiary/aromatic N) is 3. The summed E-state index contributed by atoms with van der Waals surface area (Å²) in [7, 11) is 0. The van der Waals surface area contributed by atoms with E-state index in [4.69, 9.17) is 9.26 Å². The fourth-order valence-corrected chi connectivity index (χ4v) is 2.84.